The summed E-state index contributed by atoms with van der Waals surface area (Å²) in [6.45, 7) is 3.43. The normalized spacial score (nSPS) is 22.2. The second-order valence-electron chi connectivity index (χ2n) is 13.8. The number of para-hydroxylation sites is 2. The van der Waals surface area contributed by atoms with Crippen LogP contribution in [0.4, 0.5) is 0 Å². The highest BCUT2D eigenvalue weighted by atomic mass is 32.2. The molecule has 2 aliphatic rings. The fourth-order valence-electron chi connectivity index (χ4n) is 7.02. The van der Waals surface area contributed by atoms with Crippen molar-refractivity contribution in [3.63, 3.8) is 0 Å². The number of carbonyl (C=O) groups is 3. The molecule has 0 radical (unpaired) electrons. The molecule has 6 atom stereocenters. The van der Waals surface area contributed by atoms with Crippen LogP contribution in [-0.2, 0) is 25.8 Å². The fourth-order valence-corrected chi connectivity index (χ4v) is 7.62. The molecule has 3 amide bonds. The molecule has 0 bridgehead atoms. The number of aliphatic hydroxyl groups excluding tert-OH is 1. The summed E-state index contributed by atoms with van der Waals surface area (Å²) in [4.78, 5) is 50.7. The number of fused-ring (bicyclic) bond motifs is 2. The first-order chi connectivity index (χ1) is 22.7. The molecule has 5 rings (SSSR count). The van der Waals surface area contributed by atoms with Gasteiger partial charge in [-0.05, 0) is 62.6 Å². The van der Waals surface area contributed by atoms with Crippen molar-refractivity contribution in [2.75, 3.05) is 19.3 Å². The minimum Gasteiger partial charge on any atom is -0.390 e. The Morgan fingerprint density at radius 1 is 1.00 bits per heavy atom. The Labute approximate surface area is 281 Å². The number of nitrogens with zero attached hydrogens (tertiary/aromatic N) is 3. The van der Waals surface area contributed by atoms with Gasteiger partial charge in [0.1, 0.15) is 11.7 Å². The quantitative estimate of drug-likeness (QED) is 0.223. The van der Waals surface area contributed by atoms with Gasteiger partial charge < -0.3 is 21.5 Å². The van der Waals surface area contributed by atoms with Gasteiger partial charge in [0.25, 0.3) is 5.91 Å². The zero-order valence-corrected chi connectivity index (χ0v) is 28.5. The first-order valence-electron chi connectivity index (χ1n) is 16.5. The molecular formula is C35H46N6O6S. The zero-order chi connectivity index (χ0) is 34.6. The number of piperidine rings is 1. The van der Waals surface area contributed by atoms with Crippen molar-refractivity contribution in [3.05, 3.63) is 72.1 Å². The average Bonchev–Trinajstić information content (AvgIpc) is 3.05. The van der Waals surface area contributed by atoms with Gasteiger partial charge in [0.2, 0.25) is 11.8 Å². The number of hydrogen-bond donors (Lipinski definition) is 4. The zero-order valence-electron chi connectivity index (χ0n) is 27.7. The Balaban J connectivity index is 1.41. The topological polar surface area (TPSA) is 185 Å². The minimum absolute atomic E-state index is 0.0772. The van der Waals surface area contributed by atoms with E-state index in [1.165, 1.54) is 20.0 Å². The molecule has 1 aromatic heterocycles. The van der Waals surface area contributed by atoms with Crippen molar-refractivity contribution in [2.45, 2.75) is 81.3 Å². The van der Waals surface area contributed by atoms with Gasteiger partial charge >= 0.3 is 0 Å². The number of carbonyl (C=O) groups excluding carboxylic acids is 3. The van der Waals surface area contributed by atoms with Gasteiger partial charge in [0, 0.05) is 19.3 Å². The highest BCUT2D eigenvalue weighted by Gasteiger charge is 2.46. The van der Waals surface area contributed by atoms with E-state index in [9.17, 15) is 27.9 Å². The van der Waals surface area contributed by atoms with Crippen LogP contribution in [-0.4, -0.2) is 94.4 Å². The minimum atomic E-state index is -3.91. The number of nitrogens with one attached hydrogen (secondary N) is 2. The predicted molar refractivity (Wildman–Crippen MR) is 182 cm³/mol. The lowest BCUT2D eigenvalue weighted by molar-refractivity contribution is -0.129. The van der Waals surface area contributed by atoms with Crippen LogP contribution in [0.3, 0.4) is 0 Å². The number of sulfone groups is 1. The molecule has 3 aromatic rings. The lowest BCUT2D eigenvalue weighted by atomic mass is 9.72. The highest BCUT2D eigenvalue weighted by molar-refractivity contribution is 7.92. The monoisotopic (exact) mass is 678 g/mol. The standard InChI is InChI=1S/C35H46N6O6S/c1-35(2,48(3,46)47)31(40-33(44)28-19-37-25-15-9-10-16-26(25)38-28)34(45)39-27(17-22-11-5-4-6-12-22)30(42)21-41-20-24-14-8-7-13-23(24)18-29(41)32(36)43/h4-6,9-12,15-16,19,23-24,27,29-31,42H,7-8,13-14,17-18,20-21H2,1-3H3,(H2,36,43)(H,39,45)(H,40,44)/t23?,24?,27-,29-,30+,31+/m0/s1. The average molecular weight is 679 g/mol. The Kier molecular flexibility index (Phi) is 10.8. The van der Waals surface area contributed by atoms with E-state index < -0.39 is 56.5 Å². The number of aromatic nitrogens is 2. The smallest absolute Gasteiger partial charge is 0.272 e. The lowest BCUT2D eigenvalue weighted by Crippen LogP contribution is -2.63. The molecular weight excluding hydrogens is 632 g/mol. The van der Waals surface area contributed by atoms with Gasteiger partial charge in [-0.3, -0.25) is 24.3 Å². The molecule has 258 valence electrons. The van der Waals surface area contributed by atoms with Gasteiger partial charge in [-0.1, -0.05) is 61.7 Å². The molecule has 13 heteroatoms. The van der Waals surface area contributed by atoms with Crippen LogP contribution < -0.4 is 16.4 Å². The molecule has 5 N–H and O–H groups in total. The number of nitrogens with two attached hydrogens (primary N) is 1. The number of amides is 3. The van der Waals surface area contributed by atoms with E-state index in [4.69, 9.17) is 5.73 Å². The van der Waals surface area contributed by atoms with Crippen molar-refractivity contribution in [1.29, 1.82) is 0 Å². The van der Waals surface area contributed by atoms with Crippen LogP contribution >= 0.6 is 0 Å². The SMILES string of the molecule is CC(C)([C@H](NC(=O)c1cnc2ccccc2n1)C(=O)N[C@@H](Cc1ccccc1)[C@H](O)CN1CC2CCCCC2C[C@H]1C(N)=O)S(C)(=O)=O. The van der Waals surface area contributed by atoms with Crippen molar-refractivity contribution in [1.82, 2.24) is 25.5 Å². The summed E-state index contributed by atoms with van der Waals surface area (Å²) in [6, 6.07) is 13.3. The highest BCUT2D eigenvalue weighted by Crippen LogP contribution is 2.38. The maximum atomic E-state index is 14.1. The van der Waals surface area contributed by atoms with Gasteiger partial charge in [0.15, 0.2) is 9.84 Å². The van der Waals surface area contributed by atoms with E-state index in [1.54, 1.807) is 24.3 Å². The van der Waals surface area contributed by atoms with Crippen LogP contribution in [0.2, 0.25) is 0 Å². The molecule has 1 aliphatic heterocycles. The number of primary amides is 1. The number of β-amino-alcohol motifs (C(OH)–C–C–N with tert-alkyl or cyclic N) is 1. The fraction of sp³-hybridized carbons (Fsp3) is 0.514. The van der Waals surface area contributed by atoms with Crippen molar-refractivity contribution in [2.24, 2.45) is 17.6 Å². The largest absolute Gasteiger partial charge is 0.390 e. The molecule has 1 aliphatic carbocycles. The third-order valence-corrected chi connectivity index (χ3v) is 12.4. The maximum Gasteiger partial charge on any atom is 0.272 e. The van der Waals surface area contributed by atoms with Gasteiger partial charge in [0.05, 0.1) is 40.2 Å². The van der Waals surface area contributed by atoms with Crippen molar-refractivity contribution < 1.29 is 27.9 Å². The van der Waals surface area contributed by atoms with Gasteiger partial charge in [-0.25, -0.2) is 13.4 Å². The van der Waals surface area contributed by atoms with Crippen molar-refractivity contribution in [3.8, 4) is 0 Å². The van der Waals surface area contributed by atoms with E-state index in [0.29, 0.717) is 35.8 Å². The van der Waals surface area contributed by atoms with Gasteiger partial charge in [-0.15, -0.1) is 0 Å². The Bertz CT molecular complexity index is 1740. The lowest BCUT2D eigenvalue weighted by Gasteiger charge is -2.46. The Morgan fingerprint density at radius 2 is 1.65 bits per heavy atom. The van der Waals surface area contributed by atoms with Gasteiger partial charge in [-0.2, -0.15) is 0 Å². The summed E-state index contributed by atoms with van der Waals surface area (Å²) in [5.41, 5.74) is 7.63. The third kappa shape index (κ3) is 8.01. The molecule has 2 aromatic carbocycles. The summed E-state index contributed by atoms with van der Waals surface area (Å²) in [5.74, 6) is -1.18. The van der Waals surface area contributed by atoms with Crippen LogP contribution in [0.5, 0.6) is 0 Å². The molecule has 48 heavy (non-hydrogen) atoms. The molecule has 2 fully saturated rings. The predicted octanol–water partition coefficient (Wildman–Crippen LogP) is 2.01. The summed E-state index contributed by atoms with van der Waals surface area (Å²) >= 11 is 0. The second kappa shape index (κ2) is 14.7. The van der Waals surface area contributed by atoms with E-state index in [1.807, 2.05) is 35.2 Å². The molecule has 2 unspecified atom stereocenters. The molecule has 1 saturated heterocycles. The number of hydrogen-bond acceptors (Lipinski definition) is 9. The van der Waals surface area contributed by atoms with Crippen LogP contribution in [0.15, 0.2) is 60.8 Å². The third-order valence-electron chi connectivity index (χ3n) is 10.2. The second-order valence-corrected chi connectivity index (χ2v) is 16.4. The number of aliphatic hydroxyl groups is 1. The van der Waals surface area contributed by atoms with E-state index >= 15 is 0 Å². The maximum absolute atomic E-state index is 14.1. The first kappa shape index (κ1) is 35.4. The van der Waals surface area contributed by atoms with Crippen LogP contribution in [0.25, 0.3) is 11.0 Å². The van der Waals surface area contributed by atoms with E-state index in [2.05, 4.69) is 20.6 Å². The Morgan fingerprint density at radius 3 is 2.31 bits per heavy atom. The number of likely N-dealkylation sites (tertiary alicyclic amines) is 1. The summed E-state index contributed by atoms with van der Waals surface area (Å²) < 4.78 is 24.3. The molecule has 0 spiro atoms. The summed E-state index contributed by atoms with van der Waals surface area (Å²) in [6.07, 6.45) is 6.34. The molecule has 2 heterocycles. The van der Waals surface area contributed by atoms with Crippen LogP contribution in [0.1, 0.15) is 62.0 Å². The van der Waals surface area contributed by atoms with E-state index in [0.717, 1.165) is 37.5 Å². The first-order valence-corrected chi connectivity index (χ1v) is 18.4. The molecule has 1 saturated carbocycles. The van der Waals surface area contributed by atoms with Crippen molar-refractivity contribution >= 4 is 38.6 Å². The summed E-state index contributed by atoms with van der Waals surface area (Å²) in [7, 11) is -3.91. The molecule has 12 nitrogen and oxygen atoms in total. The summed E-state index contributed by atoms with van der Waals surface area (Å²) in [5, 5.41) is 17.2. The number of benzene rings is 2. The number of rotatable bonds is 12. The van der Waals surface area contributed by atoms with E-state index in [-0.39, 0.29) is 18.7 Å². The Hall–Kier alpha value is -3.94. The van der Waals surface area contributed by atoms with Crippen LogP contribution in [0, 0.1) is 11.8 Å².